The van der Waals surface area contributed by atoms with Crippen LogP contribution in [0.1, 0.15) is 11.1 Å². The molecule has 0 amide bonds. The summed E-state index contributed by atoms with van der Waals surface area (Å²) in [6.45, 7) is 0. The number of halogens is 6. The van der Waals surface area contributed by atoms with Crippen molar-refractivity contribution in [3.8, 4) is 0 Å². The molecule has 0 fully saturated rings. The van der Waals surface area contributed by atoms with Gasteiger partial charge in [-0.05, 0) is 0 Å². The molecule has 0 radical (unpaired) electrons. The van der Waals surface area contributed by atoms with Crippen LogP contribution in [0.2, 0.25) is 0 Å². The number of hydrogen-bond acceptors (Lipinski definition) is 0. The zero-order valence-corrected chi connectivity index (χ0v) is 9.28. The Bertz CT molecular complexity index is 534. The number of benzene rings is 2. The van der Waals surface area contributed by atoms with Crippen molar-refractivity contribution in [3.63, 3.8) is 0 Å². The maximum absolute atomic E-state index is 13.3. The predicted octanol–water partition coefficient (Wildman–Crippen LogP) is 4.11. The molecule has 6 heteroatoms. The van der Waals surface area contributed by atoms with Gasteiger partial charge in [-0.25, -0.2) is 26.3 Å². The van der Waals surface area contributed by atoms with Crippen LogP contribution in [0, 0.1) is 34.9 Å². The molecule has 2 rings (SSSR count). The third-order valence-electron chi connectivity index (χ3n) is 2.57. The van der Waals surface area contributed by atoms with Gasteiger partial charge in [0.1, 0.15) is 34.9 Å². The molecule has 0 unspecified atom stereocenters. The highest BCUT2D eigenvalue weighted by Crippen LogP contribution is 2.22. The van der Waals surface area contributed by atoms with E-state index in [2.05, 4.69) is 0 Å². The minimum atomic E-state index is -1.26. The van der Waals surface area contributed by atoms with E-state index in [4.69, 9.17) is 0 Å². The van der Waals surface area contributed by atoms with Crippen LogP contribution in [0.3, 0.4) is 0 Å². The Balaban J connectivity index is 2.48. The Hall–Kier alpha value is -1.98. The second kappa shape index (κ2) is 4.95. The summed E-state index contributed by atoms with van der Waals surface area (Å²) in [5.41, 5.74) is -1.38. The fourth-order valence-electron chi connectivity index (χ4n) is 1.66. The van der Waals surface area contributed by atoms with Gasteiger partial charge in [0.05, 0.1) is 0 Å². The van der Waals surface area contributed by atoms with E-state index >= 15 is 0 Å². The Labute approximate surface area is 104 Å². The van der Waals surface area contributed by atoms with Crippen LogP contribution in [0.15, 0.2) is 24.3 Å². The fraction of sp³-hybridized carbons (Fsp3) is 0.0769. The summed E-state index contributed by atoms with van der Waals surface area (Å²) >= 11 is 0. The van der Waals surface area contributed by atoms with Crippen LogP contribution in [0.25, 0.3) is 0 Å². The summed E-state index contributed by atoms with van der Waals surface area (Å²) in [4.78, 5) is 0. The smallest absolute Gasteiger partial charge is 0.132 e. The van der Waals surface area contributed by atoms with Crippen molar-refractivity contribution in [1.29, 1.82) is 0 Å². The van der Waals surface area contributed by atoms with Crippen molar-refractivity contribution >= 4 is 0 Å². The van der Waals surface area contributed by atoms with Crippen molar-refractivity contribution in [1.82, 2.24) is 0 Å². The highest BCUT2D eigenvalue weighted by atomic mass is 19.2. The molecule has 0 aromatic heterocycles. The van der Waals surface area contributed by atoms with E-state index in [1.807, 2.05) is 0 Å². The maximum atomic E-state index is 13.3. The van der Waals surface area contributed by atoms with Crippen molar-refractivity contribution in [2.75, 3.05) is 0 Å². The molecule has 0 aliphatic heterocycles. The van der Waals surface area contributed by atoms with Crippen LogP contribution in [-0.2, 0) is 6.42 Å². The number of hydrogen-bond donors (Lipinski definition) is 0. The second-order valence-corrected chi connectivity index (χ2v) is 3.87. The van der Waals surface area contributed by atoms with E-state index in [9.17, 15) is 26.3 Å². The molecule has 0 aliphatic rings. The fourth-order valence-corrected chi connectivity index (χ4v) is 1.66. The van der Waals surface area contributed by atoms with Gasteiger partial charge in [0, 0.05) is 41.8 Å². The van der Waals surface area contributed by atoms with Crippen molar-refractivity contribution < 1.29 is 26.3 Å². The van der Waals surface area contributed by atoms with E-state index in [1.54, 1.807) is 0 Å². The summed E-state index contributed by atoms with van der Waals surface area (Å²) in [7, 11) is 0. The zero-order valence-electron chi connectivity index (χ0n) is 9.28. The molecule has 0 spiro atoms. The predicted molar refractivity (Wildman–Crippen MR) is 55.4 cm³/mol. The summed E-state index contributed by atoms with van der Waals surface area (Å²) < 4.78 is 78.7. The molecular weight excluding hydrogens is 270 g/mol. The largest absolute Gasteiger partial charge is 0.207 e. The van der Waals surface area contributed by atoms with E-state index < -0.39 is 52.5 Å². The quantitative estimate of drug-likeness (QED) is 0.724. The Morgan fingerprint density at radius 3 is 1.05 bits per heavy atom. The van der Waals surface area contributed by atoms with E-state index in [-0.39, 0.29) is 0 Å². The lowest BCUT2D eigenvalue weighted by atomic mass is 10.0. The van der Waals surface area contributed by atoms with Gasteiger partial charge in [-0.1, -0.05) is 0 Å². The molecule has 100 valence electrons. The minimum absolute atomic E-state index is 0.401. The van der Waals surface area contributed by atoms with Crippen LogP contribution >= 0.6 is 0 Å². The standard InChI is InChI=1S/C13H6F6/c14-6-1-10(16)8(11(17)2-6)5-9-12(18)3-7(15)4-13(9)19/h1-4H,5H2. The third kappa shape index (κ3) is 2.72. The first kappa shape index (κ1) is 13.5. The van der Waals surface area contributed by atoms with Gasteiger partial charge in [-0.2, -0.15) is 0 Å². The maximum Gasteiger partial charge on any atom is 0.132 e. The first-order chi connectivity index (χ1) is 8.88. The van der Waals surface area contributed by atoms with Crippen molar-refractivity contribution in [3.05, 3.63) is 70.3 Å². The first-order valence-corrected chi connectivity index (χ1v) is 5.15. The van der Waals surface area contributed by atoms with Gasteiger partial charge in [0.15, 0.2) is 0 Å². The van der Waals surface area contributed by atoms with Crippen LogP contribution in [0.5, 0.6) is 0 Å². The SMILES string of the molecule is Fc1cc(F)c(Cc2c(F)cc(F)cc2F)c(F)c1. The molecule has 0 nitrogen and oxygen atoms in total. The molecule has 0 N–H and O–H groups in total. The second-order valence-electron chi connectivity index (χ2n) is 3.87. The lowest BCUT2D eigenvalue weighted by Crippen LogP contribution is -2.03. The van der Waals surface area contributed by atoms with Gasteiger partial charge in [0.2, 0.25) is 0 Å². The van der Waals surface area contributed by atoms with Gasteiger partial charge < -0.3 is 0 Å². The Morgan fingerprint density at radius 2 is 0.789 bits per heavy atom. The average Bonchev–Trinajstić information content (AvgIpc) is 2.25. The molecule has 2 aromatic carbocycles. The Morgan fingerprint density at radius 1 is 0.526 bits per heavy atom. The summed E-state index contributed by atoms with van der Waals surface area (Å²) in [6.07, 6.45) is -0.782. The van der Waals surface area contributed by atoms with Gasteiger partial charge in [0.25, 0.3) is 0 Å². The molecule has 0 saturated heterocycles. The normalized spacial score (nSPS) is 10.8. The third-order valence-corrected chi connectivity index (χ3v) is 2.57. The van der Waals surface area contributed by atoms with E-state index in [0.717, 1.165) is 0 Å². The summed E-state index contributed by atoms with van der Waals surface area (Å²) in [5, 5.41) is 0. The van der Waals surface area contributed by atoms with Crippen LogP contribution < -0.4 is 0 Å². The molecule has 0 atom stereocenters. The lowest BCUT2D eigenvalue weighted by molar-refractivity contribution is 0.510. The van der Waals surface area contributed by atoms with Gasteiger partial charge >= 0.3 is 0 Å². The highest BCUT2D eigenvalue weighted by molar-refractivity contribution is 5.30. The monoisotopic (exact) mass is 276 g/mol. The molecule has 2 aromatic rings. The molecule has 0 heterocycles. The lowest BCUT2D eigenvalue weighted by Gasteiger charge is -2.08. The molecule has 0 saturated carbocycles. The average molecular weight is 276 g/mol. The molecule has 19 heavy (non-hydrogen) atoms. The van der Waals surface area contributed by atoms with Crippen LogP contribution in [0.4, 0.5) is 26.3 Å². The number of rotatable bonds is 2. The van der Waals surface area contributed by atoms with Gasteiger partial charge in [-0.3, -0.25) is 0 Å². The minimum Gasteiger partial charge on any atom is -0.207 e. The molecular formula is C13H6F6. The zero-order chi connectivity index (χ0) is 14.2. The van der Waals surface area contributed by atoms with Crippen molar-refractivity contribution in [2.45, 2.75) is 6.42 Å². The molecule has 0 bridgehead atoms. The highest BCUT2D eigenvalue weighted by Gasteiger charge is 2.18. The van der Waals surface area contributed by atoms with Gasteiger partial charge in [-0.15, -0.1) is 0 Å². The summed E-state index contributed by atoms with van der Waals surface area (Å²) in [5.74, 6) is -7.33. The van der Waals surface area contributed by atoms with Crippen molar-refractivity contribution in [2.24, 2.45) is 0 Å². The van der Waals surface area contributed by atoms with E-state index in [1.165, 1.54) is 0 Å². The summed E-state index contributed by atoms with van der Waals surface area (Å²) in [6, 6.07) is 1.60. The van der Waals surface area contributed by atoms with E-state index in [0.29, 0.717) is 24.3 Å². The topological polar surface area (TPSA) is 0 Å². The first-order valence-electron chi connectivity index (χ1n) is 5.15. The van der Waals surface area contributed by atoms with Crippen LogP contribution in [-0.4, -0.2) is 0 Å². The Kier molecular flexibility index (Phi) is 3.50. The molecule has 0 aliphatic carbocycles.